The molecule has 1 aromatic heterocycles. The number of aliphatic carboxylic acids is 1. The van der Waals surface area contributed by atoms with Crippen molar-refractivity contribution in [3.05, 3.63) is 119 Å². The Morgan fingerprint density at radius 2 is 1.79 bits per heavy atom. The first kappa shape index (κ1) is 26.6. The summed E-state index contributed by atoms with van der Waals surface area (Å²) < 4.78 is 24.8. The van der Waals surface area contributed by atoms with E-state index in [2.05, 4.69) is 10.5 Å². The van der Waals surface area contributed by atoms with Gasteiger partial charge in [-0.3, -0.25) is 10.3 Å². The molecular weight excluding hydrogens is 487 g/mol. The molecule has 8 heteroatoms. The average Bonchev–Trinajstić information content (AvgIpc) is 3.29. The molecular formula is C30H29FN2O5. The highest BCUT2D eigenvalue weighted by Gasteiger charge is 2.14. The van der Waals surface area contributed by atoms with E-state index in [1.807, 2.05) is 61.5 Å². The van der Waals surface area contributed by atoms with E-state index in [4.69, 9.17) is 14.0 Å². The fourth-order valence-corrected chi connectivity index (χ4v) is 3.82. The standard InChI is InChI=1S/C30H29FN2O5/c1-20(33-37-19-22-11-13-25(31)14-12-22)27(30(34)35)18-23-7-6-10-26(17-23)36-16-15-28-21(2)38-29(32-28)24-8-4-3-5-9-24/h3-14,17,33H,15-16,18-19H2,1-2H3,(H,34,35). The Kier molecular flexibility index (Phi) is 8.89. The van der Waals surface area contributed by atoms with Crippen molar-refractivity contribution in [3.63, 3.8) is 0 Å². The van der Waals surface area contributed by atoms with Crippen LogP contribution in [0.5, 0.6) is 5.75 Å². The van der Waals surface area contributed by atoms with E-state index in [9.17, 15) is 14.3 Å². The van der Waals surface area contributed by atoms with Crippen LogP contribution in [0.3, 0.4) is 0 Å². The average molecular weight is 517 g/mol. The number of allylic oxidation sites excluding steroid dienone is 1. The number of oxazole rings is 1. The molecule has 0 spiro atoms. The largest absolute Gasteiger partial charge is 0.493 e. The maximum Gasteiger partial charge on any atom is 0.333 e. The quantitative estimate of drug-likeness (QED) is 0.175. The van der Waals surface area contributed by atoms with Gasteiger partial charge in [0, 0.05) is 24.1 Å². The topological polar surface area (TPSA) is 93.8 Å². The number of halogens is 1. The SMILES string of the molecule is CC(NOCc1ccc(F)cc1)=C(Cc1cccc(OCCc2nc(-c3ccccc3)oc2C)c1)C(=O)O. The second-order valence-corrected chi connectivity index (χ2v) is 8.74. The summed E-state index contributed by atoms with van der Waals surface area (Å²) in [6, 6.07) is 22.9. The van der Waals surface area contributed by atoms with Crippen molar-refractivity contribution in [2.75, 3.05) is 6.61 Å². The van der Waals surface area contributed by atoms with E-state index in [0.717, 1.165) is 28.1 Å². The van der Waals surface area contributed by atoms with Crippen molar-refractivity contribution in [1.29, 1.82) is 0 Å². The number of benzene rings is 3. The molecule has 0 bridgehead atoms. The van der Waals surface area contributed by atoms with Crippen LogP contribution in [0.25, 0.3) is 11.5 Å². The van der Waals surface area contributed by atoms with Crippen LogP contribution < -0.4 is 10.2 Å². The molecule has 0 fully saturated rings. The van der Waals surface area contributed by atoms with Crippen LogP contribution in [0.4, 0.5) is 4.39 Å². The van der Waals surface area contributed by atoms with Gasteiger partial charge in [0.15, 0.2) is 0 Å². The van der Waals surface area contributed by atoms with Crippen molar-refractivity contribution < 1.29 is 28.3 Å². The Morgan fingerprint density at radius 1 is 1.03 bits per heavy atom. The van der Waals surface area contributed by atoms with Gasteiger partial charge in [-0.2, -0.15) is 0 Å². The first-order valence-corrected chi connectivity index (χ1v) is 12.2. The number of carbonyl (C=O) groups is 1. The lowest BCUT2D eigenvalue weighted by molar-refractivity contribution is -0.133. The molecule has 7 nitrogen and oxygen atoms in total. The third-order valence-electron chi connectivity index (χ3n) is 5.89. The third kappa shape index (κ3) is 7.30. The molecule has 196 valence electrons. The molecule has 0 atom stereocenters. The van der Waals surface area contributed by atoms with Crippen LogP contribution in [-0.2, 0) is 29.1 Å². The lowest BCUT2D eigenvalue weighted by Gasteiger charge is -2.12. The first-order chi connectivity index (χ1) is 18.4. The van der Waals surface area contributed by atoms with E-state index < -0.39 is 5.97 Å². The number of nitrogens with zero attached hydrogens (tertiary/aromatic N) is 1. The Hall–Kier alpha value is -4.43. The smallest absolute Gasteiger partial charge is 0.333 e. The van der Waals surface area contributed by atoms with Gasteiger partial charge in [-0.25, -0.2) is 14.2 Å². The Balaban J connectivity index is 1.33. The summed E-state index contributed by atoms with van der Waals surface area (Å²) in [4.78, 5) is 21.9. The number of carboxylic acid groups (broad SMARTS) is 1. The molecule has 4 rings (SSSR count). The molecule has 0 saturated carbocycles. The zero-order valence-corrected chi connectivity index (χ0v) is 21.2. The summed E-state index contributed by atoms with van der Waals surface area (Å²) in [5.74, 6) is 0.584. The highest BCUT2D eigenvalue weighted by Crippen LogP contribution is 2.22. The van der Waals surface area contributed by atoms with Gasteiger partial charge >= 0.3 is 5.97 Å². The van der Waals surface area contributed by atoms with Crippen molar-refractivity contribution in [2.45, 2.75) is 33.3 Å². The number of aryl methyl sites for hydroxylation is 1. The summed E-state index contributed by atoms with van der Waals surface area (Å²) in [6.07, 6.45) is 0.745. The number of rotatable bonds is 12. The predicted octanol–water partition coefficient (Wildman–Crippen LogP) is 6.03. The van der Waals surface area contributed by atoms with Gasteiger partial charge in [0.05, 0.1) is 24.5 Å². The van der Waals surface area contributed by atoms with Crippen molar-refractivity contribution >= 4 is 5.97 Å². The van der Waals surface area contributed by atoms with Gasteiger partial charge < -0.3 is 14.3 Å². The second-order valence-electron chi connectivity index (χ2n) is 8.74. The summed E-state index contributed by atoms with van der Waals surface area (Å²) in [7, 11) is 0. The lowest BCUT2D eigenvalue weighted by atomic mass is 10.0. The number of ether oxygens (including phenoxy) is 1. The zero-order chi connectivity index (χ0) is 26.9. The van der Waals surface area contributed by atoms with Crippen LogP contribution in [0.1, 0.15) is 29.5 Å². The summed E-state index contributed by atoms with van der Waals surface area (Å²) in [5.41, 5.74) is 6.52. The van der Waals surface area contributed by atoms with Crippen molar-refractivity contribution in [1.82, 2.24) is 10.5 Å². The van der Waals surface area contributed by atoms with Gasteiger partial charge in [0.1, 0.15) is 17.3 Å². The molecule has 0 aliphatic rings. The normalized spacial score (nSPS) is 11.7. The van der Waals surface area contributed by atoms with Gasteiger partial charge in [0.25, 0.3) is 0 Å². The van der Waals surface area contributed by atoms with E-state index in [0.29, 0.717) is 30.4 Å². The van der Waals surface area contributed by atoms with Crippen LogP contribution in [0.15, 0.2) is 94.6 Å². The third-order valence-corrected chi connectivity index (χ3v) is 5.89. The predicted molar refractivity (Wildman–Crippen MR) is 141 cm³/mol. The highest BCUT2D eigenvalue weighted by atomic mass is 19.1. The summed E-state index contributed by atoms with van der Waals surface area (Å²) in [5, 5.41) is 9.76. The Labute approximate surface area is 220 Å². The molecule has 0 radical (unpaired) electrons. The van der Waals surface area contributed by atoms with E-state index in [-0.39, 0.29) is 24.4 Å². The van der Waals surface area contributed by atoms with Crippen LogP contribution in [0, 0.1) is 12.7 Å². The number of hydroxylamine groups is 1. The summed E-state index contributed by atoms with van der Waals surface area (Å²) >= 11 is 0. The highest BCUT2D eigenvalue weighted by molar-refractivity contribution is 5.87. The maximum absolute atomic E-state index is 13.0. The molecule has 1 heterocycles. The molecule has 0 aliphatic carbocycles. The van der Waals surface area contributed by atoms with Crippen LogP contribution in [0.2, 0.25) is 0 Å². The fraction of sp³-hybridized carbons (Fsp3) is 0.200. The van der Waals surface area contributed by atoms with Crippen LogP contribution >= 0.6 is 0 Å². The summed E-state index contributed by atoms with van der Waals surface area (Å²) in [6.45, 7) is 4.07. The molecule has 4 aromatic rings. The van der Waals surface area contributed by atoms with Gasteiger partial charge in [0.2, 0.25) is 5.89 Å². The molecule has 2 N–H and O–H groups in total. The molecule has 0 saturated heterocycles. The van der Waals surface area contributed by atoms with Crippen molar-refractivity contribution in [3.8, 4) is 17.2 Å². The second kappa shape index (κ2) is 12.7. The molecule has 0 unspecified atom stereocenters. The number of hydrogen-bond donors (Lipinski definition) is 2. The maximum atomic E-state index is 13.0. The minimum Gasteiger partial charge on any atom is -0.493 e. The monoisotopic (exact) mass is 516 g/mol. The van der Waals surface area contributed by atoms with E-state index in [1.165, 1.54) is 12.1 Å². The molecule has 38 heavy (non-hydrogen) atoms. The fourth-order valence-electron chi connectivity index (χ4n) is 3.82. The minimum atomic E-state index is -1.05. The van der Waals surface area contributed by atoms with E-state index >= 15 is 0 Å². The van der Waals surface area contributed by atoms with Crippen molar-refractivity contribution in [2.24, 2.45) is 0 Å². The molecule has 3 aromatic carbocycles. The number of carboxylic acids is 1. The van der Waals surface area contributed by atoms with Gasteiger partial charge in [-0.1, -0.05) is 42.5 Å². The first-order valence-electron chi connectivity index (χ1n) is 12.2. The van der Waals surface area contributed by atoms with Gasteiger partial charge in [-0.05, 0) is 61.4 Å². The van der Waals surface area contributed by atoms with Crippen LogP contribution in [-0.4, -0.2) is 22.7 Å². The molecule has 0 amide bonds. The van der Waals surface area contributed by atoms with E-state index in [1.54, 1.807) is 19.1 Å². The Bertz CT molecular complexity index is 1400. The number of nitrogens with one attached hydrogen (secondary N) is 1. The number of hydrogen-bond acceptors (Lipinski definition) is 6. The number of aromatic nitrogens is 1. The zero-order valence-electron chi connectivity index (χ0n) is 21.2. The lowest BCUT2D eigenvalue weighted by Crippen LogP contribution is -2.18. The Morgan fingerprint density at radius 3 is 2.53 bits per heavy atom. The minimum absolute atomic E-state index is 0.158. The van der Waals surface area contributed by atoms with Gasteiger partial charge in [-0.15, -0.1) is 0 Å². The molecule has 0 aliphatic heterocycles.